The number of hydrogen-bond donors (Lipinski definition) is 2. The first-order valence-electron chi connectivity index (χ1n) is 8.77. The quantitative estimate of drug-likeness (QED) is 0.833. The van der Waals surface area contributed by atoms with Crippen molar-refractivity contribution in [2.75, 3.05) is 23.7 Å². The second-order valence-electron chi connectivity index (χ2n) is 6.87. The van der Waals surface area contributed by atoms with E-state index in [0.717, 1.165) is 30.3 Å². The molecule has 0 bridgehead atoms. The van der Waals surface area contributed by atoms with E-state index in [0.29, 0.717) is 11.1 Å². The molecule has 1 aromatic heterocycles. The number of aliphatic hydroxyl groups excluding tert-OH is 1. The van der Waals surface area contributed by atoms with Gasteiger partial charge in [-0.2, -0.15) is 13.8 Å². The van der Waals surface area contributed by atoms with Gasteiger partial charge in [0.1, 0.15) is 11.9 Å². The Bertz CT molecular complexity index is 904. The Balaban J connectivity index is 1.60. The zero-order chi connectivity index (χ0) is 19.2. The monoisotopic (exact) mass is 378 g/mol. The molecule has 2 aromatic rings. The van der Waals surface area contributed by atoms with Gasteiger partial charge in [0, 0.05) is 25.0 Å². The molecule has 0 saturated carbocycles. The summed E-state index contributed by atoms with van der Waals surface area (Å²) in [5.41, 5.74) is 6.55. The molecule has 0 spiro atoms. The largest absolute Gasteiger partial charge is 0.384 e. The standard InChI is InChI=1S/C18H20F2N4O3/c19-18(20)15(25)13(27-16(18)24-9-7-14(21)22-17(24)26)10-23-8-3-5-11-4-1-2-6-12(11)23/h1-2,4,6-7,9,13,15-16,25H,3,5,8,10H2,(H2,21,22,26)/t13-,15-,16-/m1/s1. The maximum Gasteiger partial charge on any atom is 0.351 e. The van der Waals surface area contributed by atoms with Crippen molar-refractivity contribution in [1.82, 2.24) is 9.55 Å². The second-order valence-corrected chi connectivity index (χ2v) is 6.87. The van der Waals surface area contributed by atoms with Gasteiger partial charge in [-0.3, -0.25) is 4.57 Å². The van der Waals surface area contributed by atoms with Crippen molar-refractivity contribution in [3.8, 4) is 0 Å². The number of nitrogens with zero attached hydrogens (tertiary/aromatic N) is 3. The van der Waals surface area contributed by atoms with Crippen molar-refractivity contribution >= 4 is 11.5 Å². The second kappa shape index (κ2) is 6.58. The molecule has 7 nitrogen and oxygen atoms in total. The number of nitrogens with two attached hydrogens (primary N) is 1. The van der Waals surface area contributed by atoms with Crippen LogP contribution in [0.2, 0.25) is 0 Å². The molecule has 0 radical (unpaired) electrons. The number of aliphatic hydroxyl groups is 1. The number of hydrogen-bond acceptors (Lipinski definition) is 6. The van der Waals surface area contributed by atoms with Gasteiger partial charge in [0.05, 0.1) is 0 Å². The lowest BCUT2D eigenvalue weighted by atomic mass is 10.0. The highest BCUT2D eigenvalue weighted by Gasteiger charge is 2.59. The molecule has 0 amide bonds. The van der Waals surface area contributed by atoms with Crippen LogP contribution in [0, 0.1) is 0 Å². The van der Waals surface area contributed by atoms with E-state index >= 15 is 0 Å². The number of halogens is 2. The summed E-state index contributed by atoms with van der Waals surface area (Å²) < 4.78 is 35.4. The summed E-state index contributed by atoms with van der Waals surface area (Å²) in [5.74, 6) is -3.71. The molecule has 3 N–H and O–H groups in total. The molecule has 0 unspecified atom stereocenters. The van der Waals surface area contributed by atoms with Gasteiger partial charge in [0.15, 0.2) is 6.10 Å². The van der Waals surface area contributed by atoms with Crippen LogP contribution in [0.25, 0.3) is 0 Å². The molecular formula is C18H20F2N4O3. The first kappa shape index (κ1) is 17.9. The average Bonchev–Trinajstić information content (AvgIpc) is 2.86. The van der Waals surface area contributed by atoms with Crippen molar-refractivity contribution in [2.45, 2.75) is 37.2 Å². The van der Waals surface area contributed by atoms with Gasteiger partial charge in [-0.15, -0.1) is 0 Å². The van der Waals surface area contributed by atoms with Crippen LogP contribution < -0.4 is 16.3 Å². The van der Waals surface area contributed by atoms with Crippen molar-refractivity contribution in [3.63, 3.8) is 0 Å². The van der Waals surface area contributed by atoms with Crippen LogP contribution in [-0.4, -0.2) is 45.9 Å². The lowest BCUT2D eigenvalue weighted by Gasteiger charge is -2.33. The Kier molecular flexibility index (Phi) is 4.35. The molecule has 3 heterocycles. The van der Waals surface area contributed by atoms with Gasteiger partial charge in [-0.05, 0) is 30.5 Å². The fourth-order valence-corrected chi connectivity index (χ4v) is 3.74. The highest BCUT2D eigenvalue weighted by atomic mass is 19.3. The number of ether oxygens (including phenoxy) is 1. The lowest BCUT2D eigenvalue weighted by molar-refractivity contribution is -0.140. The minimum Gasteiger partial charge on any atom is -0.384 e. The number of rotatable bonds is 3. The van der Waals surface area contributed by atoms with Crippen molar-refractivity contribution in [3.05, 3.63) is 52.6 Å². The third kappa shape index (κ3) is 3.06. The third-order valence-electron chi connectivity index (χ3n) is 5.09. The molecule has 1 aromatic carbocycles. The molecule has 0 aliphatic carbocycles. The van der Waals surface area contributed by atoms with E-state index in [-0.39, 0.29) is 12.4 Å². The third-order valence-corrected chi connectivity index (χ3v) is 5.09. The zero-order valence-electron chi connectivity index (χ0n) is 14.5. The molecule has 9 heteroatoms. The van der Waals surface area contributed by atoms with Crippen molar-refractivity contribution in [2.24, 2.45) is 0 Å². The molecule has 2 aliphatic heterocycles. The lowest BCUT2D eigenvalue weighted by Crippen LogP contribution is -2.44. The molecule has 1 saturated heterocycles. The summed E-state index contributed by atoms with van der Waals surface area (Å²) in [6.45, 7) is 0.782. The minimum absolute atomic E-state index is 0.0698. The number of nitrogen functional groups attached to an aromatic ring is 1. The summed E-state index contributed by atoms with van der Waals surface area (Å²) in [7, 11) is 0. The van der Waals surface area contributed by atoms with Crippen LogP contribution in [0.5, 0.6) is 0 Å². The van der Waals surface area contributed by atoms with Crippen molar-refractivity contribution in [1.29, 1.82) is 0 Å². The van der Waals surface area contributed by atoms with Crippen LogP contribution in [-0.2, 0) is 11.2 Å². The number of aromatic nitrogens is 2. The van der Waals surface area contributed by atoms with Crippen LogP contribution in [0.15, 0.2) is 41.3 Å². The maximum atomic E-state index is 14.7. The molecule has 2 aliphatic rings. The summed E-state index contributed by atoms with van der Waals surface area (Å²) in [5, 5.41) is 10.2. The Hall–Kier alpha value is -2.52. The number of alkyl halides is 2. The van der Waals surface area contributed by atoms with Crippen molar-refractivity contribution < 1.29 is 18.6 Å². The number of para-hydroxylation sites is 1. The van der Waals surface area contributed by atoms with E-state index in [2.05, 4.69) is 4.98 Å². The molecule has 144 valence electrons. The number of anilines is 2. The Morgan fingerprint density at radius 2 is 2.11 bits per heavy atom. The predicted octanol–water partition coefficient (Wildman–Crippen LogP) is 1.17. The number of benzene rings is 1. The fraction of sp³-hybridized carbons (Fsp3) is 0.444. The van der Waals surface area contributed by atoms with E-state index in [1.807, 2.05) is 29.2 Å². The molecule has 4 rings (SSSR count). The first-order valence-corrected chi connectivity index (χ1v) is 8.77. The van der Waals surface area contributed by atoms with Crippen LogP contribution >= 0.6 is 0 Å². The maximum absolute atomic E-state index is 14.7. The normalized spacial score (nSPS) is 26.8. The van der Waals surface area contributed by atoms with E-state index in [4.69, 9.17) is 10.5 Å². The summed E-state index contributed by atoms with van der Waals surface area (Å²) in [4.78, 5) is 17.3. The van der Waals surface area contributed by atoms with Crippen LogP contribution in [0.4, 0.5) is 20.3 Å². The molecule has 27 heavy (non-hydrogen) atoms. The van der Waals surface area contributed by atoms with Gasteiger partial charge in [-0.25, -0.2) is 4.79 Å². The van der Waals surface area contributed by atoms with E-state index in [1.165, 1.54) is 6.07 Å². The SMILES string of the molecule is Nc1ccn([C@@H]2O[C@H](CN3CCCc4ccccc43)[C@@H](O)C2(F)F)c(=O)n1. The zero-order valence-corrected chi connectivity index (χ0v) is 14.5. The predicted molar refractivity (Wildman–Crippen MR) is 94.7 cm³/mol. The van der Waals surface area contributed by atoms with Crippen LogP contribution in [0.1, 0.15) is 18.2 Å². The summed E-state index contributed by atoms with van der Waals surface area (Å²) in [6.07, 6.45) is -2.21. The van der Waals surface area contributed by atoms with E-state index in [9.17, 15) is 18.7 Å². The highest BCUT2D eigenvalue weighted by molar-refractivity contribution is 5.55. The fourth-order valence-electron chi connectivity index (χ4n) is 3.74. The highest BCUT2D eigenvalue weighted by Crippen LogP contribution is 2.43. The van der Waals surface area contributed by atoms with E-state index < -0.39 is 30.0 Å². The molecule has 3 atom stereocenters. The van der Waals surface area contributed by atoms with Crippen LogP contribution in [0.3, 0.4) is 0 Å². The van der Waals surface area contributed by atoms with E-state index in [1.54, 1.807) is 0 Å². The van der Waals surface area contributed by atoms with Gasteiger partial charge < -0.3 is 20.5 Å². The van der Waals surface area contributed by atoms with Gasteiger partial charge in [0.25, 0.3) is 0 Å². The minimum atomic E-state index is -3.64. The first-order chi connectivity index (χ1) is 12.9. The number of fused-ring (bicyclic) bond motifs is 1. The Morgan fingerprint density at radius 3 is 2.89 bits per heavy atom. The topological polar surface area (TPSA) is 93.6 Å². The molecular weight excluding hydrogens is 358 g/mol. The Labute approximate surface area is 154 Å². The average molecular weight is 378 g/mol. The van der Waals surface area contributed by atoms with Gasteiger partial charge in [0.2, 0.25) is 6.23 Å². The Morgan fingerprint density at radius 1 is 1.33 bits per heavy atom. The molecule has 1 fully saturated rings. The van der Waals surface area contributed by atoms with Gasteiger partial charge >= 0.3 is 11.6 Å². The number of aryl methyl sites for hydroxylation is 1. The van der Waals surface area contributed by atoms with Gasteiger partial charge in [-0.1, -0.05) is 18.2 Å². The summed E-state index contributed by atoms with van der Waals surface area (Å²) in [6, 6.07) is 9.00. The smallest absolute Gasteiger partial charge is 0.351 e. The summed E-state index contributed by atoms with van der Waals surface area (Å²) >= 11 is 0.